The van der Waals surface area contributed by atoms with Crippen molar-refractivity contribution in [3.05, 3.63) is 54.2 Å². The van der Waals surface area contributed by atoms with E-state index in [4.69, 9.17) is 5.11 Å². The molecule has 10 N–H and O–H groups in total. The number of aromatic nitrogens is 3. The van der Waals surface area contributed by atoms with Gasteiger partial charge in [-0.3, -0.25) is 38.9 Å². The van der Waals surface area contributed by atoms with Crippen LogP contribution < -0.4 is 31.9 Å². The highest BCUT2D eigenvalue weighted by molar-refractivity contribution is 8.68. The summed E-state index contributed by atoms with van der Waals surface area (Å²) in [7, 11) is 1.21. The van der Waals surface area contributed by atoms with Crippen LogP contribution in [0.2, 0.25) is 0 Å². The van der Waals surface area contributed by atoms with Crippen molar-refractivity contribution in [1.82, 2.24) is 46.9 Å². The highest BCUT2D eigenvalue weighted by Gasteiger charge is 2.31. The summed E-state index contributed by atoms with van der Waals surface area (Å²) in [6, 6.07) is 3.08. The van der Waals surface area contributed by atoms with Gasteiger partial charge in [-0.15, -0.1) is 11.7 Å². The Balaban J connectivity index is 1.77. The number of carbonyl (C=O) groups is 7. The molecule has 0 radical (unpaired) electrons. The topological polar surface area (TPSA) is 277 Å². The van der Waals surface area contributed by atoms with Crippen LogP contribution in [0.3, 0.4) is 0 Å². The van der Waals surface area contributed by atoms with Gasteiger partial charge in [-0.25, -0.2) is 4.98 Å². The summed E-state index contributed by atoms with van der Waals surface area (Å²) in [5.74, 6) is -4.03. The van der Waals surface area contributed by atoms with E-state index in [1.165, 1.54) is 30.2 Å². The number of hydrogen-bond acceptors (Lipinski definition) is 12. The number of aliphatic hydroxyl groups is 1. The molecular weight excluding hydrogens is 779 g/mol. The monoisotopic (exact) mass is 831 g/mol. The number of carboxylic acid groups (broad SMARTS) is 1. The normalized spacial score (nSPS) is 13.9. The Labute approximate surface area is 339 Å². The predicted octanol–water partition coefficient (Wildman–Crippen LogP) is 0.498. The van der Waals surface area contributed by atoms with Crippen LogP contribution in [0.15, 0.2) is 43.0 Å². The van der Waals surface area contributed by atoms with Gasteiger partial charge >= 0.3 is 5.97 Å². The lowest BCUT2D eigenvalue weighted by atomic mass is 10.0. The third kappa shape index (κ3) is 16.6. The summed E-state index contributed by atoms with van der Waals surface area (Å²) in [4.78, 5) is 99.4. The van der Waals surface area contributed by atoms with Crippen LogP contribution in [0.4, 0.5) is 0 Å². The van der Waals surface area contributed by atoms with E-state index in [1.54, 1.807) is 6.20 Å². The largest absolute Gasteiger partial charge is 0.481 e. The maximum absolute atomic E-state index is 14.1. The molecule has 2 aromatic heterocycles. The summed E-state index contributed by atoms with van der Waals surface area (Å²) in [6.07, 6.45) is 3.80. The van der Waals surface area contributed by atoms with E-state index in [-0.39, 0.29) is 69.1 Å². The van der Waals surface area contributed by atoms with Crippen molar-refractivity contribution in [2.75, 3.05) is 18.8 Å². The molecule has 57 heavy (non-hydrogen) atoms. The van der Waals surface area contributed by atoms with Crippen molar-refractivity contribution < 1.29 is 43.8 Å². The zero-order valence-corrected chi connectivity index (χ0v) is 33.8. The first kappa shape index (κ1) is 46.5. The van der Waals surface area contributed by atoms with Crippen molar-refractivity contribution in [2.45, 2.75) is 96.1 Å². The molecule has 0 aliphatic rings. The standard InChI is InChI=1S/C37H53N9O9S2/c1-21(2)13-28(35(53)41-19-33(50)43-26(22(3)47)9-6-10-34(51)52)45-37(55)30(15-24-17-38-20-42-24)46-36(54)29(44-32(49)18-40-31(48)11-12-57-56)14-23-16-39-27-8-5-4-7-25(23)27/h4-5,7-8,16-17,20-21,26,28-30,32,39,44,49,56H,6,9-15,18-19H2,1-3H3,(H,38,42)(H,40,48)(H,41,53)(H,43,50)(H,45,55)(H,46,54)(H,51,52)/t26-,28-,29-,30-,32?/m0/s1. The van der Waals surface area contributed by atoms with Gasteiger partial charge in [0.05, 0.1) is 31.5 Å². The SMILES string of the molecule is CC(=O)[C@H](CCCC(=O)O)NC(=O)CNC(=O)[C@H](CC(C)C)NC(=O)[C@H](Cc1cnc[nH]1)NC(=O)[C@H](Cc1c[nH]c2ccccc12)NC(O)CNC(=O)CCSS. The fraction of sp³-hybridized carbons (Fsp3) is 0.514. The van der Waals surface area contributed by atoms with Crippen LogP contribution in [0.25, 0.3) is 10.9 Å². The number of thiol groups is 1. The number of nitrogens with zero attached hydrogens (tertiary/aromatic N) is 1. The van der Waals surface area contributed by atoms with Crippen molar-refractivity contribution in [2.24, 2.45) is 5.92 Å². The van der Waals surface area contributed by atoms with Gasteiger partial charge in [-0.2, -0.15) is 0 Å². The minimum Gasteiger partial charge on any atom is -0.481 e. The molecule has 0 saturated carbocycles. The highest BCUT2D eigenvalue weighted by Crippen LogP contribution is 2.19. The van der Waals surface area contributed by atoms with Gasteiger partial charge < -0.3 is 46.8 Å². The molecule has 5 atom stereocenters. The van der Waals surface area contributed by atoms with Crippen molar-refractivity contribution in [1.29, 1.82) is 0 Å². The molecule has 2 heterocycles. The van der Waals surface area contributed by atoms with Crippen LogP contribution >= 0.6 is 22.5 Å². The van der Waals surface area contributed by atoms with Gasteiger partial charge in [0.2, 0.25) is 29.5 Å². The summed E-state index contributed by atoms with van der Waals surface area (Å²) in [6.45, 7) is 4.23. The van der Waals surface area contributed by atoms with Crippen molar-refractivity contribution >= 4 is 74.6 Å². The Bertz CT molecular complexity index is 1810. The molecular formula is C37H53N9O9S2. The van der Waals surface area contributed by atoms with Gasteiger partial charge in [-0.1, -0.05) is 42.8 Å². The Morgan fingerprint density at radius 3 is 2.25 bits per heavy atom. The Kier molecular flexibility index (Phi) is 19.6. The average Bonchev–Trinajstić information content (AvgIpc) is 3.83. The minimum absolute atomic E-state index is 0.0497. The molecule has 0 aliphatic carbocycles. The molecule has 0 fully saturated rings. The summed E-state index contributed by atoms with van der Waals surface area (Å²) in [5, 5.41) is 36.6. The van der Waals surface area contributed by atoms with Crippen LogP contribution in [-0.2, 0) is 46.4 Å². The number of H-pyrrole nitrogens is 2. The second kappa shape index (κ2) is 24.0. The fourth-order valence-corrected chi connectivity index (χ4v) is 6.47. The number of para-hydroxylation sites is 1. The average molecular weight is 832 g/mol. The molecule has 3 rings (SSSR count). The number of nitrogens with one attached hydrogen (secondary N) is 8. The molecule has 0 spiro atoms. The van der Waals surface area contributed by atoms with Gasteiger partial charge in [0, 0.05) is 54.0 Å². The van der Waals surface area contributed by atoms with Crippen LogP contribution in [0.1, 0.15) is 64.1 Å². The molecule has 18 nitrogen and oxygen atoms in total. The predicted molar refractivity (Wildman–Crippen MR) is 217 cm³/mol. The number of hydrogen-bond donors (Lipinski definition) is 11. The Hall–Kier alpha value is -4.92. The number of amides is 5. The number of Topliss-reactive ketones (excluding diaryl/α,β-unsaturated/α-hetero) is 1. The lowest BCUT2D eigenvalue weighted by molar-refractivity contribution is -0.137. The second-order valence-corrected chi connectivity index (χ2v) is 15.4. The maximum atomic E-state index is 14.1. The van der Waals surface area contributed by atoms with Crippen molar-refractivity contribution in [3.8, 4) is 0 Å². The van der Waals surface area contributed by atoms with Gasteiger partial charge in [0.1, 0.15) is 18.3 Å². The van der Waals surface area contributed by atoms with E-state index in [2.05, 4.69) is 58.5 Å². The quantitative estimate of drug-likeness (QED) is 0.0300. The molecule has 0 bridgehead atoms. The van der Waals surface area contributed by atoms with Crippen LogP contribution in [0.5, 0.6) is 0 Å². The molecule has 20 heteroatoms. The molecule has 1 aromatic carbocycles. The molecule has 312 valence electrons. The molecule has 1 unspecified atom stereocenters. The van der Waals surface area contributed by atoms with E-state index >= 15 is 0 Å². The first-order valence-corrected chi connectivity index (χ1v) is 20.6. The second-order valence-electron chi connectivity index (χ2n) is 14.0. The number of aromatic amines is 2. The van der Waals surface area contributed by atoms with Gasteiger partial charge in [0.15, 0.2) is 5.78 Å². The number of ketones is 1. The minimum atomic E-state index is -1.34. The number of fused-ring (bicyclic) bond motifs is 1. The maximum Gasteiger partial charge on any atom is 0.303 e. The van der Waals surface area contributed by atoms with Crippen LogP contribution in [-0.4, -0.2) is 116 Å². The van der Waals surface area contributed by atoms with Gasteiger partial charge in [-0.05, 0) is 50.2 Å². The molecule has 0 aliphatic heterocycles. The molecule has 3 aromatic rings. The zero-order valence-electron chi connectivity index (χ0n) is 32.1. The highest BCUT2D eigenvalue weighted by atomic mass is 33.1. The Morgan fingerprint density at radius 1 is 0.860 bits per heavy atom. The summed E-state index contributed by atoms with van der Waals surface area (Å²) in [5.41, 5.74) is 2.09. The lowest BCUT2D eigenvalue weighted by Crippen LogP contribution is -2.59. The third-order valence-electron chi connectivity index (χ3n) is 8.81. The summed E-state index contributed by atoms with van der Waals surface area (Å²) >= 11 is 4.03. The first-order valence-electron chi connectivity index (χ1n) is 18.6. The van der Waals surface area contributed by atoms with E-state index in [1.807, 2.05) is 38.1 Å². The molecule has 5 amide bonds. The smallest absolute Gasteiger partial charge is 0.303 e. The molecule has 0 saturated heterocycles. The third-order valence-corrected chi connectivity index (χ3v) is 9.74. The van der Waals surface area contributed by atoms with E-state index in [9.17, 15) is 38.7 Å². The number of imidazole rings is 1. The number of aliphatic hydroxyl groups excluding tert-OH is 1. The van der Waals surface area contributed by atoms with E-state index in [0.717, 1.165) is 16.5 Å². The number of carboxylic acids is 1. The number of carbonyl (C=O) groups excluding carboxylic acids is 6. The summed E-state index contributed by atoms with van der Waals surface area (Å²) < 4.78 is 0. The zero-order chi connectivity index (χ0) is 41.9. The number of benzene rings is 1. The van der Waals surface area contributed by atoms with Crippen LogP contribution in [0, 0.1) is 5.92 Å². The first-order chi connectivity index (χ1) is 27.2. The lowest BCUT2D eigenvalue weighted by Gasteiger charge is -2.27. The fourth-order valence-electron chi connectivity index (χ4n) is 5.92. The van der Waals surface area contributed by atoms with E-state index < -0.39 is 66.5 Å². The van der Waals surface area contributed by atoms with E-state index in [0.29, 0.717) is 11.4 Å². The number of aliphatic carboxylic acids is 1. The Morgan fingerprint density at radius 2 is 1.58 bits per heavy atom. The van der Waals surface area contributed by atoms with Crippen molar-refractivity contribution in [3.63, 3.8) is 0 Å². The number of rotatable bonds is 26. The van der Waals surface area contributed by atoms with Gasteiger partial charge in [0.25, 0.3) is 0 Å².